The Hall–Kier alpha value is -2.17. The second-order valence-corrected chi connectivity index (χ2v) is 3.22. The van der Waals surface area contributed by atoms with Gasteiger partial charge in [0.15, 0.2) is 5.82 Å². The van der Waals surface area contributed by atoms with Gasteiger partial charge in [0.2, 0.25) is 0 Å². The molecule has 0 bridgehead atoms. The van der Waals surface area contributed by atoms with Crippen LogP contribution >= 0.6 is 0 Å². The van der Waals surface area contributed by atoms with E-state index in [9.17, 15) is 8.78 Å². The van der Waals surface area contributed by atoms with E-state index >= 15 is 0 Å². The molecule has 3 nitrogen and oxygen atoms in total. The summed E-state index contributed by atoms with van der Waals surface area (Å²) in [5, 5.41) is 2.74. The molecule has 1 aromatic heterocycles. The molecule has 5 heteroatoms. The first-order valence-electron chi connectivity index (χ1n) is 4.59. The molecule has 0 aliphatic heterocycles. The molecule has 82 valence electrons. The summed E-state index contributed by atoms with van der Waals surface area (Å²) in [5.41, 5.74) is 6.31. The van der Waals surface area contributed by atoms with Crippen LogP contribution in [0.5, 0.6) is 0 Å². The van der Waals surface area contributed by atoms with E-state index < -0.39 is 11.6 Å². The van der Waals surface area contributed by atoms with E-state index in [0.717, 1.165) is 18.2 Å². The quantitative estimate of drug-likeness (QED) is 0.819. The molecule has 2 aromatic rings. The molecule has 0 amide bonds. The normalized spacial score (nSPS) is 10.1. The van der Waals surface area contributed by atoms with Gasteiger partial charge in [0, 0.05) is 18.0 Å². The Balaban J connectivity index is 2.30. The number of anilines is 3. The molecule has 0 aliphatic carbocycles. The fourth-order valence-electron chi connectivity index (χ4n) is 1.28. The van der Waals surface area contributed by atoms with Crippen LogP contribution in [-0.2, 0) is 0 Å². The van der Waals surface area contributed by atoms with Crippen LogP contribution in [0, 0.1) is 11.6 Å². The lowest BCUT2D eigenvalue weighted by Crippen LogP contribution is -1.99. The molecular formula is C11H9F2N3. The summed E-state index contributed by atoms with van der Waals surface area (Å²) in [7, 11) is 0. The van der Waals surface area contributed by atoms with Gasteiger partial charge in [-0.2, -0.15) is 0 Å². The number of halogens is 2. The van der Waals surface area contributed by atoms with Crippen LogP contribution in [0.1, 0.15) is 0 Å². The molecule has 0 aliphatic rings. The van der Waals surface area contributed by atoms with Gasteiger partial charge in [0.1, 0.15) is 11.6 Å². The number of hydrogen-bond acceptors (Lipinski definition) is 3. The van der Waals surface area contributed by atoms with Gasteiger partial charge >= 0.3 is 0 Å². The highest BCUT2D eigenvalue weighted by Crippen LogP contribution is 2.21. The lowest BCUT2D eigenvalue weighted by atomic mass is 10.3. The predicted octanol–water partition coefficient (Wildman–Crippen LogP) is 2.69. The maximum Gasteiger partial charge on any atom is 0.153 e. The van der Waals surface area contributed by atoms with Gasteiger partial charge < -0.3 is 11.1 Å². The van der Waals surface area contributed by atoms with Crippen molar-refractivity contribution < 1.29 is 8.78 Å². The van der Waals surface area contributed by atoms with Crippen molar-refractivity contribution in [1.29, 1.82) is 0 Å². The monoisotopic (exact) mass is 221 g/mol. The van der Waals surface area contributed by atoms with Crippen LogP contribution in [0.2, 0.25) is 0 Å². The van der Waals surface area contributed by atoms with Crippen LogP contribution in [-0.4, -0.2) is 4.98 Å². The van der Waals surface area contributed by atoms with E-state index in [-0.39, 0.29) is 5.69 Å². The lowest BCUT2D eigenvalue weighted by Gasteiger charge is -2.07. The van der Waals surface area contributed by atoms with Crippen molar-refractivity contribution in [2.45, 2.75) is 0 Å². The number of nitrogen functional groups attached to an aromatic ring is 1. The van der Waals surface area contributed by atoms with Gasteiger partial charge in [-0.1, -0.05) is 0 Å². The maximum atomic E-state index is 12.9. The molecule has 0 fully saturated rings. The summed E-state index contributed by atoms with van der Waals surface area (Å²) >= 11 is 0. The average molecular weight is 221 g/mol. The highest BCUT2D eigenvalue weighted by Gasteiger charge is 2.03. The lowest BCUT2D eigenvalue weighted by molar-refractivity contribution is 0.584. The van der Waals surface area contributed by atoms with Gasteiger partial charge in [-0.05, 0) is 24.3 Å². The summed E-state index contributed by atoms with van der Waals surface area (Å²) in [6.07, 6.45) is 1.54. The fourth-order valence-corrected chi connectivity index (χ4v) is 1.28. The third-order valence-electron chi connectivity index (χ3n) is 1.96. The van der Waals surface area contributed by atoms with Crippen molar-refractivity contribution in [3.05, 3.63) is 48.2 Å². The van der Waals surface area contributed by atoms with E-state index in [1.165, 1.54) is 6.20 Å². The molecule has 1 aromatic carbocycles. The fraction of sp³-hybridized carbons (Fsp3) is 0. The van der Waals surface area contributed by atoms with Crippen LogP contribution in [0.25, 0.3) is 0 Å². The number of pyridine rings is 1. The number of rotatable bonds is 2. The molecule has 0 atom stereocenters. The number of nitrogens with one attached hydrogen (secondary N) is 1. The van der Waals surface area contributed by atoms with E-state index in [1.54, 1.807) is 12.1 Å². The first-order valence-corrected chi connectivity index (χ1v) is 4.59. The highest BCUT2D eigenvalue weighted by atomic mass is 19.1. The van der Waals surface area contributed by atoms with Gasteiger partial charge in [0.05, 0.1) is 5.69 Å². The Morgan fingerprint density at radius 2 is 1.81 bits per heavy atom. The molecule has 16 heavy (non-hydrogen) atoms. The third-order valence-corrected chi connectivity index (χ3v) is 1.96. The topological polar surface area (TPSA) is 50.9 Å². The van der Waals surface area contributed by atoms with Crippen LogP contribution < -0.4 is 11.1 Å². The van der Waals surface area contributed by atoms with Crippen LogP contribution in [0.4, 0.5) is 26.0 Å². The highest BCUT2D eigenvalue weighted by molar-refractivity contribution is 5.68. The van der Waals surface area contributed by atoms with Crippen LogP contribution in [0.3, 0.4) is 0 Å². The minimum atomic E-state index is -0.656. The van der Waals surface area contributed by atoms with Crippen molar-refractivity contribution >= 4 is 17.2 Å². The summed E-state index contributed by atoms with van der Waals surface area (Å²) in [6, 6.07) is 6.44. The second kappa shape index (κ2) is 4.14. The minimum Gasteiger partial charge on any atom is -0.396 e. The molecule has 1 heterocycles. The summed E-state index contributed by atoms with van der Waals surface area (Å²) in [5.74, 6) is -0.943. The molecule has 0 spiro atoms. The summed E-state index contributed by atoms with van der Waals surface area (Å²) in [6.45, 7) is 0. The first kappa shape index (κ1) is 10.4. The van der Waals surface area contributed by atoms with E-state index in [1.807, 2.05) is 0 Å². The number of nitrogens with two attached hydrogens (primary N) is 1. The Kier molecular flexibility index (Phi) is 2.68. The van der Waals surface area contributed by atoms with Gasteiger partial charge in [-0.15, -0.1) is 0 Å². The van der Waals surface area contributed by atoms with Crippen molar-refractivity contribution in [2.24, 2.45) is 0 Å². The van der Waals surface area contributed by atoms with Crippen molar-refractivity contribution in [3.8, 4) is 0 Å². The SMILES string of the molecule is Nc1cccnc1Nc1cc(F)cc(F)c1. The first-order chi connectivity index (χ1) is 7.65. The molecule has 0 unspecified atom stereocenters. The molecule has 0 saturated heterocycles. The molecule has 0 saturated carbocycles. The van der Waals surface area contributed by atoms with E-state index in [0.29, 0.717) is 11.5 Å². The smallest absolute Gasteiger partial charge is 0.153 e. The zero-order valence-electron chi connectivity index (χ0n) is 8.24. The zero-order valence-corrected chi connectivity index (χ0v) is 8.24. The number of benzene rings is 1. The zero-order chi connectivity index (χ0) is 11.5. The standard InChI is InChI=1S/C11H9F2N3/c12-7-4-8(13)6-9(5-7)16-11-10(14)2-1-3-15-11/h1-6H,14H2,(H,15,16). The Morgan fingerprint density at radius 3 is 2.44 bits per heavy atom. The molecule has 3 N–H and O–H groups in total. The van der Waals surface area contributed by atoms with E-state index in [4.69, 9.17) is 5.73 Å². The Bertz CT molecular complexity index is 494. The predicted molar refractivity (Wildman–Crippen MR) is 58.3 cm³/mol. The van der Waals surface area contributed by atoms with Gasteiger partial charge in [-0.25, -0.2) is 13.8 Å². The van der Waals surface area contributed by atoms with E-state index in [2.05, 4.69) is 10.3 Å². The summed E-state index contributed by atoms with van der Waals surface area (Å²) < 4.78 is 25.8. The number of aromatic nitrogens is 1. The third kappa shape index (κ3) is 2.25. The summed E-state index contributed by atoms with van der Waals surface area (Å²) in [4.78, 5) is 3.95. The molecule has 2 rings (SSSR count). The Labute approximate surface area is 90.9 Å². The van der Waals surface area contributed by atoms with Crippen molar-refractivity contribution in [1.82, 2.24) is 4.98 Å². The maximum absolute atomic E-state index is 12.9. The van der Waals surface area contributed by atoms with Crippen molar-refractivity contribution in [3.63, 3.8) is 0 Å². The average Bonchev–Trinajstić information content (AvgIpc) is 2.20. The second-order valence-electron chi connectivity index (χ2n) is 3.22. The number of nitrogens with zero attached hydrogens (tertiary/aromatic N) is 1. The van der Waals surface area contributed by atoms with Crippen LogP contribution in [0.15, 0.2) is 36.5 Å². The largest absolute Gasteiger partial charge is 0.396 e. The Morgan fingerprint density at radius 1 is 1.12 bits per heavy atom. The minimum absolute atomic E-state index is 0.267. The van der Waals surface area contributed by atoms with Crippen molar-refractivity contribution in [2.75, 3.05) is 11.1 Å². The van der Waals surface area contributed by atoms with Gasteiger partial charge in [-0.3, -0.25) is 0 Å². The molecular weight excluding hydrogens is 212 g/mol. The molecule has 0 radical (unpaired) electrons. The van der Waals surface area contributed by atoms with Gasteiger partial charge in [0.25, 0.3) is 0 Å². The number of hydrogen-bond donors (Lipinski definition) is 2.